The Morgan fingerprint density at radius 1 is 1.22 bits per heavy atom. The van der Waals surface area contributed by atoms with Crippen molar-refractivity contribution >= 4 is 40.2 Å². The minimum atomic E-state index is -4.46. The van der Waals surface area contributed by atoms with E-state index >= 15 is 0 Å². The van der Waals surface area contributed by atoms with Crippen LogP contribution in [-0.4, -0.2) is 50.9 Å². The molecule has 204 valence electrons. The molecule has 0 aliphatic heterocycles. The number of amides is 2. The summed E-state index contributed by atoms with van der Waals surface area (Å²) in [7, 11) is 0. The van der Waals surface area contributed by atoms with Crippen molar-refractivity contribution in [3.8, 4) is 0 Å². The van der Waals surface area contributed by atoms with Crippen LogP contribution < -0.4 is 5.32 Å². The van der Waals surface area contributed by atoms with E-state index in [9.17, 15) is 27.9 Å². The third-order valence-electron chi connectivity index (χ3n) is 6.31. The zero-order valence-electron chi connectivity index (χ0n) is 21.0. The number of aromatic nitrogens is 1. The minimum Gasteiger partial charge on any atom is -0.480 e. The lowest BCUT2D eigenvalue weighted by molar-refractivity contribution is -0.139. The van der Waals surface area contributed by atoms with Crippen LogP contribution in [-0.2, 0) is 22.3 Å². The van der Waals surface area contributed by atoms with Gasteiger partial charge in [-0.3, -0.25) is 10.1 Å². The van der Waals surface area contributed by atoms with Crippen molar-refractivity contribution in [1.82, 2.24) is 9.88 Å². The number of carboxylic acids is 1. The highest BCUT2D eigenvalue weighted by Crippen LogP contribution is 2.38. The minimum absolute atomic E-state index is 0.0120. The maximum atomic E-state index is 13.3. The van der Waals surface area contributed by atoms with Crippen LogP contribution in [0.15, 0.2) is 34.7 Å². The molecule has 1 aromatic heterocycles. The Labute approximate surface area is 222 Å². The number of urea groups is 1. The summed E-state index contributed by atoms with van der Waals surface area (Å²) in [5.41, 5.74) is -0.677. The number of thioether (sulfide) groups is 1. The number of carbonyl (C=O) groups excluding carboxylic acids is 1. The highest BCUT2D eigenvalue weighted by Gasteiger charge is 2.33. The first-order valence-corrected chi connectivity index (χ1v) is 13.7. The summed E-state index contributed by atoms with van der Waals surface area (Å²) in [5, 5.41) is 12.5. The zero-order valence-corrected chi connectivity index (χ0v) is 22.6. The van der Waals surface area contributed by atoms with Gasteiger partial charge in [0, 0.05) is 12.6 Å². The average molecular weight is 560 g/mol. The lowest BCUT2D eigenvalue weighted by Crippen LogP contribution is -2.46. The number of hydrogen-bond donors (Lipinski definition) is 2. The summed E-state index contributed by atoms with van der Waals surface area (Å²) in [6, 6.07) is 4.92. The van der Waals surface area contributed by atoms with E-state index < -0.39 is 22.5 Å². The second kappa shape index (κ2) is 12.5. The molecule has 0 atom stereocenters. The number of nitrogens with zero attached hydrogens (tertiary/aromatic N) is 2. The molecule has 2 N–H and O–H groups in total. The maximum absolute atomic E-state index is 13.3. The smallest absolute Gasteiger partial charge is 0.416 e. The summed E-state index contributed by atoms with van der Waals surface area (Å²) in [4.78, 5) is 30.5. The monoisotopic (exact) mass is 559 g/mol. The van der Waals surface area contributed by atoms with Crippen LogP contribution >= 0.6 is 23.1 Å². The standard InChI is InChI=1S/C25H32F3N3O4S2/c1-16-8-10-18(11-9-16)31(12-13-35-15-17-6-4-5-7-19(17)25(26,27)28)23(34)30-22-29-14-20(36-22)37-24(2,3)21(32)33/h4-7,14,16,18H,8-13,15H2,1-3H3,(H,32,33)(H,29,30,34). The van der Waals surface area contributed by atoms with Gasteiger partial charge in [-0.2, -0.15) is 13.2 Å². The molecule has 1 aromatic carbocycles. The van der Waals surface area contributed by atoms with Gasteiger partial charge in [0.25, 0.3) is 0 Å². The van der Waals surface area contributed by atoms with Gasteiger partial charge in [-0.15, -0.1) is 0 Å². The molecule has 1 heterocycles. The molecule has 0 bridgehead atoms. The number of nitrogens with one attached hydrogen (secondary N) is 1. The van der Waals surface area contributed by atoms with E-state index in [0.29, 0.717) is 15.3 Å². The fourth-order valence-corrected chi connectivity index (χ4v) is 6.36. The molecule has 12 heteroatoms. The van der Waals surface area contributed by atoms with Gasteiger partial charge in [0.05, 0.1) is 29.2 Å². The number of anilines is 1. The van der Waals surface area contributed by atoms with Gasteiger partial charge in [0.1, 0.15) is 4.75 Å². The number of rotatable bonds is 10. The van der Waals surface area contributed by atoms with E-state index in [-0.39, 0.29) is 37.4 Å². The van der Waals surface area contributed by atoms with E-state index in [2.05, 4.69) is 17.2 Å². The largest absolute Gasteiger partial charge is 0.480 e. The molecular weight excluding hydrogens is 527 g/mol. The van der Waals surface area contributed by atoms with Gasteiger partial charge in [-0.25, -0.2) is 9.78 Å². The van der Waals surface area contributed by atoms with E-state index in [1.54, 1.807) is 18.7 Å². The van der Waals surface area contributed by atoms with Crippen molar-refractivity contribution in [2.45, 2.75) is 74.2 Å². The molecule has 2 amide bonds. The van der Waals surface area contributed by atoms with E-state index in [1.165, 1.54) is 35.7 Å². The molecule has 2 aromatic rings. The first-order valence-electron chi connectivity index (χ1n) is 12.1. The van der Waals surface area contributed by atoms with Crippen molar-refractivity contribution in [3.63, 3.8) is 0 Å². The number of benzene rings is 1. The average Bonchev–Trinajstić information content (AvgIpc) is 3.25. The van der Waals surface area contributed by atoms with Crippen molar-refractivity contribution < 1.29 is 32.6 Å². The Bertz CT molecular complexity index is 1070. The molecule has 1 aliphatic carbocycles. The molecule has 0 unspecified atom stereocenters. The third-order valence-corrected chi connectivity index (χ3v) is 8.51. The molecule has 37 heavy (non-hydrogen) atoms. The number of ether oxygens (including phenoxy) is 1. The lowest BCUT2D eigenvalue weighted by atomic mass is 9.86. The van der Waals surface area contributed by atoms with Crippen LogP contribution in [0.2, 0.25) is 0 Å². The summed E-state index contributed by atoms with van der Waals surface area (Å²) < 4.78 is 45.0. The van der Waals surface area contributed by atoms with Crippen LogP contribution in [0.4, 0.5) is 23.1 Å². The van der Waals surface area contributed by atoms with Crippen molar-refractivity contribution in [2.75, 3.05) is 18.5 Å². The van der Waals surface area contributed by atoms with Gasteiger partial charge in [-0.1, -0.05) is 48.2 Å². The quantitative estimate of drug-likeness (QED) is 0.247. The Kier molecular flexibility index (Phi) is 9.87. The van der Waals surface area contributed by atoms with E-state index in [1.807, 2.05) is 0 Å². The second-order valence-electron chi connectivity index (χ2n) is 9.65. The van der Waals surface area contributed by atoms with Gasteiger partial charge < -0.3 is 14.7 Å². The molecule has 1 saturated carbocycles. The molecule has 7 nitrogen and oxygen atoms in total. The van der Waals surface area contributed by atoms with Crippen LogP contribution in [0, 0.1) is 5.92 Å². The second-order valence-corrected chi connectivity index (χ2v) is 12.6. The number of aliphatic carboxylic acids is 1. The number of thiazole rings is 1. The van der Waals surface area contributed by atoms with E-state index in [0.717, 1.165) is 43.5 Å². The zero-order chi connectivity index (χ0) is 27.2. The Hall–Kier alpha value is -2.31. The van der Waals surface area contributed by atoms with E-state index in [4.69, 9.17) is 4.74 Å². The Morgan fingerprint density at radius 3 is 2.54 bits per heavy atom. The van der Waals surface area contributed by atoms with Crippen LogP contribution in [0.25, 0.3) is 0 Å². The SMILES string of the molecule is CC1CCC(N(CCOCc2ccccc2C(F)(F)F)C(=O)Nc2ncc(SC(C)(C)C(=O)O)s2)CC1. The molecule has 0 radical (unpaired) electrons. The number of alkyl halides is 3. The van der Waals surface area contributed by atoms with Crippen LogP contribution in [0.5, 0.6) is 0 Å². The molecule has 1 fully saturated rings. The van der Waals surface area contributed by atoms with Crippen molar-refractivity contribution in [2.24, 2.45) is 5.92 Å². The fourth-order valence-electron chi connectivity index (χ4n) is 4.09. The third kappa shape index (κ3) is 8.34. The Morgan fingerprint density at radius 2 is 1.89 bits per heavy atom. The first kappa shape index (κ1) is 29.2. The van der Waals surface area contributed by atoms with Gasteiger partial charge in [0.2, 0.25) is 0 Å². The van der Waals surface area contributed by atoms with Gasteiger partial charge in [0.15, 0.2) is 5.13 Å². The lowest BCUT2D eigenvalue weighted by Gasteiger charge is -2.36. The van der Waals surface area contributed by atoms with Crippen LogP contribution in [0.3, 0.4) is 0 Å². The first-order chi connectivity index (χ1) is 17.4. The molecule has 1 aliphatic rings. The Balaban J connectivity index is 1.63. The molecule has 0 spiro atoms. The number of halogens is 3. The number of hydrogen-bond acceptors (Lipinski definition) is 6. The van der Waals surface area contributed by atoms with Crippen molar-refractivity contribution in [3.05, 3.63) is 41.6 Å². The number of carboxylic acid groups (broad SMARTS) is 1. The highest BCUT2D eigenvalue weighted by atomic mass is 32.2. The predicted molar refractivity (Wildman–Crippen MR) is 138 cm³/mol. The predicted octanol–water partition coefficient (Wildman–Crippen LogP) is 6.75. The fraction of sp³-hybridized carbons (Fsp3) is 0.560. The normalized spacial score (nSPS) is 18.4. The summed E-state index contributed by atoms with van der Waals surface area (Å²) >= 11 is 2.34. The summed E-state index contributed by atoms with van der Waals surface area (Å²) in [6.45, 7) is 5.46. The molecule has 0 saturated heterocycles. The summed E-state index contributed by atoms with van der Waals surface area (Å²) in [6.07, 6.45) is 0.695. The maximum Gasteiger partial charge on any atom is 0.416 e. The van der Waals surface area contributed by atoms with Crippen molar-refractivity contribution in [1.29, 1.82) is 0 Å². The topological polar surface area (TPSA) is 91.8 Å². The number of carbonyl (C=O) groups is 2. The highest BCUT2D eigenvalue weighted by molar-refractivity contribution is 8.03. The van der Waals surface area contributed by atoms with Gasteiger partial charge in [-0.05, 0) is 57.1 Å². The van der Waals surface area contributed by atoms with Gasteiger partial charge >= 0.3 is 18.2 Å². The molecule has 3 rings (SSSR count). The summed E-state index contributed by atoms with van der Waals surface area (Å²) in [5.74, 6) is -0.375. The molecular formula is C25H32F3N3O4S2. The van der Waals surface area contributed by atoms with Crippen LogP contribution in [0.1, 0.15) is 57.6 Å².